The number of carbonyl (C=O) groups is 2. The number of hydrogen-bond donors (Lipinski definition) is 2. The van der Waals surface area contributed by atoms with Gasteiger partial charge in [0.05, 0.1) is 10.7 Å². The van der Waals surface area contributed by atoms with Crippen molar-refractivity contribution in [2.45, 2.75) is 32.9 Å². The van der Waals surface area contributed by atoms with Crippen LogP contribution in [0.25, 0.3) is 22.3 Å². The fourth-order valence-electron chi connectivity index (χ4n) is 4.28. The SMILES string of the molecule is CC(=O)N1[C@H](C)CN(c2cc(C(N)=O)cc(-c3c[nH]c4ncc(Cl)cc34)n2)C[C@@H]1C. The van der Waals surface area contributed by atoms with Crippen molar-refractivity contribution in [3.05, 3.63) is 41.2 Å². The number of nitrogens with zero attached hydrogens (tertiary/aromatic N) is 4. The smallest absolute Gasteiger partial charge is 0.248 e. The van der Waals surface area contributed by atoms with Crippen LogP contribution in [0, 0.1) is 0 Å². The summed E-state index contributed by atoms with van der Waals surface area (Å²) in [5.74, 6) is 0.171. The number of pyridine rings is 2. The number of anilines is 1. The normalized spacial score (nSPS) is 19.3. The monoisotopic (exact) mass is 426 g/mol. The molecule has 30 heavy (non-hydrogen) atoms. The second-order valence-corrected chi connectivity index (χ2v) is 8.18. The molecular formula is C21H23ClN6O2. The van der Waals surface area contributed by atoms with E-state index in [0.29, 0.717) is 40.8 Å². The maximum absolute atomic E-state index is 12.0. The van der Waals surface area contributed by atoms with Crippen molar-refractivity contribution in [1.29, 1.82) is 0 Å². The molecule has 0 aromatic carbocycles. The van der Waals surface area contributed by atoms with E-state index in [4.69, 9.17) is 22.3 Å². The van der Waals surface area contributed by atoms with Gasteiger partial charge in [0, 0.05) is 61.0 Å². The Kier molecular flexibility index (Phi) is 5.11. The van der Waals surface area contributed by atoms with Gasteiger partial charge >= 0.3 is 0 Å². The van der Waals surface area contributed by atoms with Crippen molar-refractivity contribution in [2.24, 2.45) is 5.73 Å². The van der Waals surface area contributed by atoms with Crippen LogP contribution in [0.5, 0.6) is 0 Å². The number of aromatic nitrogens is 3. The summed E-state index contributed by atoms with van der Waals surface area (Å²) in [6.45, 7) is 6.83. The Morgan fingerprint density at radius 1 is 1.20 bits per heavy atom. The first-order chi connectivity index (χ1) is 14.2. The second-order valence-electron chi connectivity index (χ2n) is 7.74. The van der Waals surface area contributed by atoms with Gasteiger partial charge in [0.1, 0.15) is 11.5 Å². The number of hydrogen-bond acceptors (Lipinski definition) is 5. The van der Waals surface area contributed by atoms with Gasteiger partial charge in [-0.2, -0.15) is 0 Å². The molecule has 3 N–H and O–H groups in total. The topological polar surface area (TPSA) is 108 Å². The van der Waals surface area contributed by atoms with Crippen LogP contribution in [-0.4, -0.2) is 56.8 Å². The molecule has 0 spiro atoms. The summed E-state index contributed by atoms with van der Waals surface area (Å²) >= 11 is 6.13. The molecule has 4 rings (SSSR count). The van der Waals surface area contributed by atoms with Gasteiger partial charge in [0.15, 0.2) is 0 Å². The largest absolute Gasteiger partial charge is 0.366 e. The molecular weight excluding hydrogens is 404 g/mol. The van der Waals surface area contributed by atoms with E-state index >= 15 is 0 Å². The van der Waals surface area contributed by atoms with Gasteiger partial charge in [0.2, 0.25) is 11.8 Å². The summed E-state index contributed by atoms with van der Waals surface area (Å²) < 4.78 is 0. The van der Waals surface area contributed by atoms with Crippen LogP contribution < -0.4 is 10.6 Å². The number of fused-ring (bicyclic) bond motifs is 1. The van der Waals surface area contributed by atoms with Crippen LogP contribution in [0.1, 0.15) is 31.1 Å². The Morgan fingerprint density at radius 3 is 2.53 bits per heavy atom. The number of piperazine rings is 1. The van der Waals surface area contributed by atoms with Crippen molar-refractivity contribution in [2.75, 3.05) is 18.0 Å². The molecule has 0 aliphatic carbocycles. The third kappa shape index (κ3) is 3.59. The minimum Gasteiger partial charge on any atom is -0.366 e. The third-order valence-electron chi connectivity index (χ3n) is 5.48. The average Bonchev–Trinajstić information content (AvgIpc) is 3.09. The molecule has 156 valence electrons. The zero-order valence-electron chi connectivity index (χ0n) is 17.0. The molecule has 1 fully saturated rings. The van der Waals surface area contributed by atoms with E-state index < -0.39 is 5.91 Å². The Hall–Kier alpha value is -3.13. The lowest BCUT2D eigenvalue weighted by molar-refractivity contribution is -0.133. The minimum atomic E-state index is -0.528. The molecule has 0 radical (unpaired) electrons. The molecule has 1 aliphatic heterocycles. The van der Waals surface area contributed by atoms with Crippen LogP contribution in [-0.2, 0) is 4.79 Å². The first-order valence-electron chi connectivity index (χ1n) is 9.73. The van der Waals surface area contributed by atoms with Gasteiger partial charge < -0.3 is 20.5 Å². The summed E-state index contributed by atoms with van der Waals surface area (Å²) in [4.78, 5) is 40.2. The molecule has 1 saturated heterocycles. The molecule has 3 aromatic heterocycles. The van der Waals surface area contributed by atoms with Crippen LogP contribution in [0.3, 0.4) is 0 Å². The average molecular weight is 427 g/mol. The fraction of sp³-hybridized carbons (Fsp3) is 0.333. The van der Waals surface area contributed by atoms with Crippen LogP contribution in [0.15, 0.2) is 30.6 Å². The highest BCUT2D eigenvalue weighted by atomic mass is 35.5. The molecule has 8 nitrogen and oxygen atoms in total. The highest BCUT2D eigenvalue weighted by Gasteiger charge is 2.32. The van der Waals surface area contributed by atoms with Crippen molar-refractivity contribution < 1.29 is 9.59 Å². The van der Waals surface area contributed by atoms with Crippen molar-refractivity contribution in [1.82, 2.24) is 19.9 Å². The van der Waals surface area contributed by atoms with Gasteiger partial charge in [-0.05, 0) is 32.0 Å². The van der Waals surface area contributed by atoms with Gasteiger partial charge in [-0.3, -0.25) is 9.59 Å². The fourth-order valence-corrected chi connectivity index (χ4v) is 4.44. The standard InChI is InChI=1S/C21H23ClN6O2/c1-11-9-27(10-12(2)28(11)13(3)29)19-5-14(20(23)30)4-18(26-19)17-8-25-21-16(17)6-15(22)7-24-21/h4-8,11-12H,9-10H2,1-3H3,(H2,23,30)(H,24,25)/t11-,12+. The number of amides is 2. The lowest BCUT2D eigenvalue weighted by Crippen LogP contribution is -2.58. The molecule has 2 atom stereocenters. The highest BCUT2D eigenvalue weighted by Crippen LogP contribution is 2.31. The Morgan fingerprint density at radius 2 is 1.90 bits per heavy atom. The number of primary amides is 1. The lowest BCUT2D eigenvalue weighted by Gasteiger charge is -2.44. The Balaban J connectivity index is 1.78. The number of nitrogens with one attached hydrogen (secondary N) is 1. The van der Waals surface area contributed by atoms with Gasteiger partial charge in [-0.15, -0.1) is 0 Å². The van der Waals surface area contributed by atoms with Gasteiger partial charge in [-0.1, -0.05) is 11.6 Å². The van der Waals surface area contributed by atoms with E-state index in [2.05, 4.69) is 14.9 Å². The number of halogens is 1. The van der Waals surface area contributed by atoms with Gasteiger partial charge in [-0.25, -0.2) is 9.97 Å². The van der Waals surface area contributed by atoms with Crippen LogP contribution >= 0.6 is 11.6 Å². The van der Waals surface area contributed by atoms with E-state index in [-0.39, 0.29) is 18.0 Å². The number of carbonyl (C=O) groups excluding carboxylic acids is 2. The molecule has 2 amide bonds. The molecule has 3 aromatic rings. The van der Waals surface area contributed by atoms with Gasteiger partial charge in [0.25, 0.3) is 0 Å². The second kappa shape index (κ2) is 7.60. The maximum atomic E-state index is 12.0. The summed E-state index contributed by atoms with van der Waals surface area (Å²) in [5.41, 5.74) is 8.05. The van der Waals surface area contributed by atoms with E-state index in [9.17, 15) is 9.59 Å². The molecule has 0 saturated carbocycles. The van der Waals surface area contributed by atoms with Crippen LogP contribution in [0.2, 0.25) is 5.02 Å². The van der Waals surface area contributed by atoms with Crippen molar-refractivity contribution >= 4 is 40.3 Å². The minimum absolute atomic E-state index is 0.0184. The molecule has 0 bridgehead atoms. The first kappa shape index (κ1) is 20.2. The lowest BCUT2D eigenvalue weighted by atomic mass is 10.1. The molecule has 1 aliphatic rings. The van der Waals surface area contributed by atoms with E-state index in [0.717, 1.165) is 10.9 Å². The Bertz CT molecular complexity index is 1130. The molecule has 9 heteroatoms. The quantitative estimate of drug-likeness (QED) is 0.669. The maximum Gasteiger partial charge on any atom is 0.248 e. The summed E-state index contributed by atoms with van der Waals surface area (Å²) in [5, 5.41) is 1.32. The molecule has 4 heterocycles. The molecule has 0 unspecified atom stereocenters. The zero-order chi connectivity index (χ0) is 21.6. The van der Waals surface area contributed by atoms with E-state index in [1.165, 1.54) is 0 Å². The van der Waals surface area contributed by atoms with Crippen LogP contribution in [0.4, 0.5) is 5.82 Å². The van der Waals surface area contributed by atoms with Crippen molar-refractivity contribution in [3.8, 4) is 11.3 Å². The number of rotatable bonds is 3. The van der Waals surface area contributed by atoms with Crippen molar-refractivity contribution in [3.63, 3.8) is 0 Å². The summed E-state index contributed by atoms with van der Waals surface area (Å²) in [7, 11) is 0. The summed E-state index contributed by atoms with van der Waals surface area (Å²) in [6, 6.07) is 5.22. The first-order valence-corrected chi connectivity index (χ1v) is 10.1. The highest BCUT2D eigenvalue weighted by molar-refractivity contribution is 6.31. The number of aromatic amines is 1. The Labute approximate surface area is 179 Å². The third-order valence-corrected chi connectivity index (χ3v) is 5.68. The number of nitrogens with two attached hydrogens (primary N) is 1. The zero-order valence-corrected chi connectivity index (χ0v) is 17.8. The predicted octanol–water partition coefficient (Wildman–Crippen LogP) is 2.82. The van der Waals surface area contributed by atoms with E-state index in [1.54, 1.807) is 31.5 Å². The number of H-pyrrole nitrogens is 1. The predicted molar refractivity (Wildman–Crippen MR) is 117 cm³/mol. The summed E-state index contributed by atoms with van der Waals surface area (Å²) in [6.07, 6.45) is 3.37. The van der Waals surface area contributed by atoms with E-state index in [1.807, 2.05) is 24.8 Å².